The monoisotopic (exact) mass is 1160 g/mol. The molecule has 84 heavy (non-hydrogen) atoms. The number of amides is 2. The summed E-state index contributed by atoms with van der Waals surface area (Å²) in [6, 6.07) is 22.9. The topological polar surface area (TPSA) is 225 Å². The van der Waals surface area contributed by atoms with Crippen molar-refractivity contribution in [1.29, 1.82) is 0 Å². The molecule has 0 radical (unpaired) electrons. The second-order valence-corrected chi connectivity index (χ2v) is 26.5. The number of benzene rings is 2. The van der Waals surface area contributed by atoms with Crippen LogP contribution in [0.2, 0.25) is 0 Å². The Kier molecular flexibility index (Phi) is 15.8. The predicted molar refractivity (Wildman–Crippen MR) is 323 cm³/mol. The van der Waals surface area contributed by atoms with Crippen molar-refractivity contribution in [3.05, 3.63) is 102 Å². The van der Waals surface area contributed by atoms with Crippen LogP contribution in [0.5, 0.6) is 11.6 Å². The van der Waals surface area contributed by atoms with E-state index in [1.165, 1.54) is 12.8 Å². The number of aromatic hydroxyl groups is 1. The number of aryl methyl sites for hydroxylation is 1. The third kappa shape index (κ3) is 11.5. The molecule has 6 atom stereocenters. The second-order valence-electron chi connectivity index (χ2n) is 25.6. The van der Waals surface area contributed by atoms with Gasteiger partial charge in [0.2, 0.25) is 17.7 Å². The highest BCUT2D eigenvalue weighted by atomic mass is 32.1. The molecule has 13 rings (SSSR count). The van der Waals surface area contributed by atoms with Gasteiger partial charge in [0.05, 0.1) is 51.8 Å². The van der Waals surface area contributed by atoms with Gasteiger partial charge in [-0.05, 0) is 118 Å². The first-order valence-electron chi connectivity index (χ1n) is 30.7. The summed E-state index contributed by atoms with van der Waals surface area (Å²) in [4.78, 5) is 49.8. The Morgan fingerprint density at radius 2 is 1.61 bits per heavy atom. The van der Waals surface area contributed by atoms with E-state index in [1.807, 2.05) is 87.9 Å². The molecule has 1 spiro atoms. The maximum atomic E-state index is 14.4. The fourth-order valence-electron chi connectivity index (χ4n) is 15.0. The SMILES string of the molecule is Cc1ncsc1-c1ccc([C@H](C)NC(=O)[C@@H]2C[C@@H](O)CN2C(=O)[C@H](c2cc(N3CCC4(CC3)CC(CN3CCC(O[C@H]5C[C@H](Oc6cc(N7C8CCC7CN(c7cc(-c9ccccc9O)nnc7N)C8)ccn6)C5)CC3)C4)no2)C(C)C)cc1. The molecule has 5 saturated heterocycles. The Morgan fingerprint density at radius 1 is 0.857 bits per heavy atom. The van der Waals surface area contributed by atoms with Gasteiger partial charge in [-0.15, -0.1) is 21.5 Å². The molecule has 2 amide bonds. The number of phenolic OH excluding ortho intramolecular Hbond substituents is 1. The fraction of sp³-hybridized carbons (Fsp3) is 0.547. The minimum absolute atomic E-state index is 0.0912. The lowest BCUT2D eigenvalue weighted by atomic mass is 9.57. The van der Waals surface area contributed by atoms with Gasteiger partial charge < -0.3 is 59.8 Å². The average molecular weight is 1160 g/mol. The highest BCUT2D eigenvalue weighted by Gasteiger charge is 2.48. The van der Waals surface area contributed by atoms with Crippen molar-refractivity contribution in [1.82, 2.24) is 40.4 Å². The minimum atomic E-state index is -0.797. The molecule has 19 nitrogen and oxygen atoms in total. The molecular formula is C64H80N12O7S. The number of pyridine rings is 1. The van der Waals surface area contributed by atoms with Crippen LogP contribution in [0, 0.1) is 24.2 Å². The van der Waals surface area contributed by atoms with Gasteiger partial charge in [-0.1, -0.05) is 55.4 Å². The summed E-state index contributed by atoms with van der Waals surface area (Å²) in [5, 5.41) is 37.5. The number of nitrogens with two attached hydrogens (primary N) is 1. The van der Waals surface area contributed by atoms with Gasteiger partial charge in [-0.2, -0.15) is 0 Å². The van der Waals surface area contributed by atoms with Crippen LogP contribution in [-0.4, -0.2) is 152 Å². The summed E-state index contributed by atoms with van der Waals surface area (Å²) in [5.74, 6) is 1.95. The first-order chi connectivity index (χ1) is 40.7. The van der Waals surface area contributed by atoms with Gasteiger partial charge in [-0.3, -0.25) is 9.59 Å². The van der Waals surface area contributed by atoms with Gasteiger partial charge in [-0.25, -0.2) is 9.97 Å². The van der Waals surface area contributed by atoms with Gasteiger partial charge in [0.1, 0.15) is 23.8 Å². The minimum Gasteiger partial charge on any atom is -0.507 e. The molecule has 444 valence electrons. The number of nitrogen functional groups attached to an aromatic ring is 1. The first-order valence-corrected chi connectivity index (χ1v) is 31.5. The number of anilines is 4. The lowest BCUT2D eigenvalue weighted by Gasteiger charge is -2.53. The number of nitrogens with zero attached hydrogens (tertiary/aromatic N) is 10. The van der Waals surface area contributed by atoms with E-state index in [-0.39, 0.29) is 54.7 Å². The largest absolute Gasteiger partial charge is 0.507 e. The van der Waals surface area contributed by atoms with Crippen molar-refractivity contribution < 1.29 is 33.8 Å². The normalized spacial score (nSPS) is 25.2. The number of aliphatic hydroxyl groups excluding tert-OH is 1. The van der Waals surface area contributed by atoms with Crippen LogP contribution in [-0.2, 0) is 14.3 Å². The van der Waals surface area contributed by atoms with E-state index in [4.69, 9.17) is 19.7 Å². The molecule has 2 bridgehead atoms. The summed E-state index contributed by atoms with van der Waals surface area (Å²) in [7, 11) is 0. The number of phenols is 1. The maximum Gasteiger partial charge on any atom is 0.243 e. The standard InChI is InChI=1S/C64H80N12O7S/c1-38(2)59(63(80)75-36-47(77)26-54(75)62(79)68-39(3)42-9-11-43(12-10-42)60-40(4)67-37-84-60)56-30-57(71-83-56)73-23-18-64(19-24-73)31-41(32-64)33-72-21-16-48(17-22-72)81-49-27-50(28-49)82-58-25-44(15-20-66-58)76-45-13-14-46(76)35-74(34-45)53-29-52(69-70-61(53)65)51-7-5-6-8-55(51)78/h5-12,15,20,25,29-30,37-39,41,45-50,54,59,77-78H,13-14,16-19,21-24,26-28,31-36H2,1-4H3,(H2,65,70)(H,68,79)/t39-,45?,46?,47+,49-,50-,54-,59-/m0/s1. The Hall–Kier alpha value is -6.87. The Balaban J connectivity index is 0.524. The number of piperidine rings is 2. The zero-order valence-electron chi connectivity index (χ0n) is 48.8. The number of likely N-dealkylation sites (tertiary alicyclic amines) is 2. The molecule has 20 heteroatoms. The van der Waals surface area contributed by atoms with Crippen LogP contribution in [0.25, 0.3) is 21.7 Å². The second kappa shape index (κ2) is 23.5. The van der Waals surface area contributed by atoms with E-state index < -0.39 is 18.1 Å². The highest BCUT2D eigenvalue weighted by molar-refractivity contribution is 7.13. The van der Waals surface area contributed by atoms with Crippen molar-refractivity contribution >= 4 is 46.2 Å². The van der Waals surface area contributed by atoms with Crippen LogP contribution >= 0.6 is 11.3 Å². The first kappa shape index (κ1) is 56.3. The summed E-state index contributed by atoms with van der Waals surface area (Å²) in [6.45, 7) is 14.7. The van der Waals surface area contributed by atoms with Crippen molar-refractivity contribution in [3.8, 4) is 33.3 Å². The number of fused-ring (bicyclic) bond motifs is 2. The van der Waals surface area contributed by atoms with Crippen LogP contribution in [0.15, 0.2) is 89.0 Å². The van der Waals surface area contributed by atoms with Crippen LogP contribution in [0.4, 0.5) is 23.0 Å². The molecule has 2 unspecified atom stereocenters. The maximum absolute atomic E-state index is 14.4. The number of nitrogens with one attached hydrogen (secondary N) is 1. The van der Waals surface area contributed by atoms with Crippen molar-refractivity contribution in [2.24, 2.45) is 17.3 Å². The van der Waals surface area contributed by atoms with Crippen LogP contribution in [0.1, 0.15) is 120 Å². The van der Waals surface area contributed by atoms with Gasteiger partial charge in [0.25, 0.3) is 0 Å². The number of para-hydroxylation sites is 1. The average Bonchev–Trinajstić information content (AvgIpc) is 2.22. The molecule has 7 aliphatic rings. The van der Waals surface area contributed by atoms with E-state index in [0.717, 1.165) is 142 Å². The zero-order chi connectivity index (χ0) is 57.8. The molecule has 2 aromatic carbocycles. The van der Waals surface area contributed by atoms with E-state index >= 15 is 0 Å². The molecule has 5 N–H and O–H groups in total. The number of carbonyl (C=O) groups excluding carboxylic acids is 2. The molecule has 7 fully saturated rings. The number of thiazole rings is 1. The smallest absolute Gasteiger partial charge is 0.243 e. The van der Waals surface area contributed by atoms with E-state index in [2.05, 4.69) is 62.4 Å². The summed E-state index contributed by atoms with van der Waals surface area (Å²) in [6.07, 6.45) is 12.7. The van der Waals surface area contributed by atoms with Crippen molar-refractivity contribution in [2.45, 2.75) is 153 Å². The highest BCUT2D eigenvalue weighted by Crippen LogP contribution is 2.53. The zero-order valence-corrected chi connectivity index (χ0v) is 49.6. The predicted octanol–water partition coefficient (Wildman–Crippen LogP) is 8.77. The van der Waals surface area contributed by atoms with Gasteiger partial charge >= 0.3 is 0 Å². The molecule has 2 aliphatic carbocycles. The third-order valence-electron chi connectivity index (χ3n) is 19.6. The number of piperazine rings is 1. The molecule has 6 aromatic rings. The van der Waals surface area contributed by atoms with Crippen LogP contribution in [0.3, 0.4) is 0 Å². The summed E-state index contributed by atoms with van der Waals surface area (Å²) in [5.41, 5.74) is 14.9. The van der Waals surface area contributed by atoms with Crippen molar-refractivity contribution in [2.75, 3.05) is 72.8 Å². The number of aliphatic hydroxyl groups is 1. The van der Waals surface area contributed by atoms with E-state index in [0.29, 0.717) is 52.3 Å². The van der Waals surface area contributed by atoms with E-state index in [1.54, 1.807) is 28.4 Å². The van der Waals surface area contributed by atoms with E-state index in [9.17, 15) is 19.8 Å². The van der Waals surface area contributed by atoms with Crippen molar-refractivity contribution in [3.63, 3.8) is 0 Å². The number of β-amino-alcohol motifs (C(OH)–C–C–N with tert-alkyl or cyclic N) is 1. The lowest BCUT2D eigenvalue weighted by Crippen LogP contribution is -2.54. The number of ether oxygens (including phenoxy) is 2. The Bertz CT molecular complexity index is 3280. The number of carbonyl (C=O) groups is 2. The van der Waals surface area contributed by atoms with Gasteiger partial charge in [0, 0.05) is 113 Å². The Morgan fingerprint density at radius 3 is 2.32 bits per heavy atom. The number of rotatable bonds is 17. The Labute approximate surface area is 495 Å². The number of hydrogen-bond donors (Lipinski definition) is 4. The lowest BCUT2D eigenvalue weighted by molar-refractivity contribution is -0.141. The van der Waals surface area contributed by atoms with Crippen LogP contribution < -0.4 is 30.5 Å². The molecule has 2 saturated carbocycles. The summed E-state index contributed by atoms with van der Waals surface area (Å²) < 4.78 is 19.1. The molecule has 9 heterocycles. The molecule has 5 aliphatic heterocycles. The number of hydrogen-bond acceptors (Lipinski definition) is 18. The number of aromatic nitrogens is 5. The molecular weight excluding hydrogens is 1080 g/mol. The van der Waals surface area contributed by atoms with Gasteiger partial charge in [0.15, 0.2) is 17.4 Å². The fourth-order valence-corrected chi connectivity index (χ4v) is 15.8. The third-order valence-corrected chi connectivity index (χ3v) is 20.6. The quantitative estimate of drug-likeness (QED) is 0.0670. The summed E-state index contributed by atoms with van der Waals surface area (Å²) >= 11 is 1.60. The molecule has 4 aromatic heterocycles.